The zero-order valence-corrected chi connectivity index (χ0v) is 11.8. The first-order valence-corrected chi connectivity index (χ1v) is 6.35. The Bertz CT molecular complexity index is 542. The van der Waals surface area contributed by atoms with E-state index in [0.717, 1.165) is 0 Å². The van der Waals surface area contributed by atoms with Gasteiger partial charge in [-0.15, -0.1) is 11.6 Å². The van der Waals surface area contributed by atoms with Crippen molar-refractivity contribution in [3.63, 3.8) is 0 Å². The monoisotopic (exact) mass is 322 g/mol. The van der Waals surface area contributed by atoms with Gasteiger partial charge in [0, 0.05) is 19.7 Å². The number of rotatable bonds is 7. The van der Waals surface area contributed by atoms with Gasteiger partial charge in [-0.25, -0.2) is 4.39 Å². The molecule has 0 bridgehead atoms. The zero-order valence-electron chi connectivity index (χ0n) is 11.1. The molecule has 9 heteroatoms. The van der Waals surface area contributed by atoms with Crippen molar-refractivity contribution < 1.29 is 23.2 Å². The van der Waals surface area contributed by atoms with E-state index in [4.69, 9.17) is 16.3 Å². The van der Waals surface area contributed by atoms with Crippen LogP contribution in [-0.4, -0.2) is 36.5 Å². The van der Waals surface area contributed by atoms with E-state index in [1.54, 1.807) is 0 Å². The highest BCUT2D eigenvalue weighted by Crippen LogP contribution is 2.22. The van der Waals surface area contributed by atoms with Crippen LogP contribution in [0, 0.1) is 21.7 Å². The minimum Gasteiger partial charge on any atom is -0.383 e. The molecule has 1 amide bonds. The van der Waals surface area contributed by atoms with Gasteiger partial charge in [-0.1, -0.05) is 0 Å². The Morgan fingerprint density at radius 1 is 1.52 bits per heavy atom. The largest absolute Gasteiger partial charge is 0.383 e. The van der Waals surface area contributed by atoms with Gasteiger partial charge in [0.2, 0.25) is 5.82 Å². The van der Waals surface area contributed by atoms with Gasteiger partial charge in [0.25, 0.3) is 5.91 Å². The van der Waals surface area contributed by atoms with E-state index < -0.39 is 33.7 Å². The summed E-state index contributed by atoms with van der Waals surface area (Å²) in [7, 11) is 1.46. The Labute approximate surface area is 124 Å². The number of nitro groups is 1. The summed E-state index contributed by atoms with van der Waals surface area (Å²) in [6, 6.07) is 1.33. The third-order valence-electron chi connectivity index (χ3n) is 2.59. The molecule has 0 aliphatic carbocycles. The van der Waals surface area contributed by atoms with E-state index in [9.17, 15) is 23.7 Å². The molecule has 0 aromatic heterocycles. The fourth-order valence-electron chi connectivity index (χ4n) is 1.59. The van der Waals surface area contributed by atoms with Gasteiger partial charge < -0.3 is 10.1 Å². The maximum Gasteiger partial charge on any atom is 0.305 e. The summed E-state index contributed by atoms with van der Waals surface area (Å²) < 4.78 is 32.0. The first kappa shape index (κ1) is 17.3. The topological polar surface area (TPSA) is 81.5 Å². The molecule has 6 nitrogen and oxygen atoms in total. The third kappa shape index (κ3) is 4.61. The van der Waals surface area contributed by atoms with Gasteiger partial charge in [0.15, 0.2) is 0 Å². The summed E-state index contributed by atoms with van der Waals surface area (Å²) in [4.78, 5) is 21.2. The maximum atomic E-state index is 13.8. The number of nitro benzene ring substituents is 1. The van der Waals surface area contributed by atoms with Gasteiger partial charge in [0.05, 0.1) is 16.9 Å². The molecule has 0 heterocycles. The third-order valence-corrected chi connectivity index (χ3v) is 2.93. The first-order valence-electron chi connectivity index (χ1n) is 5.92. The van der Waals surface area contributed by atoms with Gasteiger partial charge in [-0.05, 0) is 12.5 Å². The summed E-state index contributed by atoms with van der Waals surface area (Å²) in [5.41, 5.74) is -1.95. The number of hydrogen-bond acceptors (Lipinski definition) is 4. The summed E-state index contributed by atoms with van der Waals surface area (Å²) >= 11 is 5.83. The number of amides is 1. The highest BCUT2D eigenvalue weighted by atomic mass is 35.5. The standard InChI is InChI=1S/C12H13ClF2N2O4/c1-21-6-7(13)4-5-16-12(18)10-8(14)2-3-9(11(10)15)17(19)20/h2-3,7H,4-6H2,1H3,(H,16,18). The quantitative estimate of drug-likeness (QED) is 0.474. The minimum atomic E-state index is -1.50. The van der Waals surface area contributed by atoms with E-state index >= 15 is 0 Å². The van der Waals surface area contributed by atoms with Crippen LogP contribution in [0.2, 0.25) is 0 Å². The molecule has 1 rings (SSSR count). The average Bonchev–Trinajstić information content (AvgIpc) is 2.38. The number of nitrogens with one attached hydrogen (secondary N) is 1. The molecule has 1 aromatic rings. The molecular formula is C12H13ClF2N2O4. The minimum absolute atomic E-state index is 0.0535. The predicted molar refractivity (Wildman–Crippen MR) is 71.5 cm³/mol. The number of carbonyl (C=O) groups is 1. The number of nitrogens with zero attached hydrogens (tertiary/aromatic N) is 1. The molecule has 0 aliphatic rings. The number of hydrogen-bond donors (Lipinski definition) is 1. The fraction of sp³-hybridized carbons (Fsp3) is 0.417. The second kappa shape index (κ2) is 7.84. The SMILES string of the molecule is COCC(Cl)CCNC(=O)c1c(F)ccc([N+](=O)[O-])c1F. The number of benzene rings is 1. The van der Waals surface area contributed by atoms with Crippen LogP contribution in [0.5, 0.6) is 0 Å². The number of halogens is 3. The Kier molecular flexibility index (Phi) is 6.44. The van der Waals surface area contributed by atoms with Crippen molar-refractivity contribution in [2.45, 2.75) is 11.8 Å². The lowest BCUT2D eigenvalue weighted by Gasteiger charge is -2.10. The Morgan fingerprint density at radius 2 is 2.19 bits per heavy atom. The molecule has 116 valence electrons. The van der Waals surface area contributed by atoms with Gasteiger partial charge in [-0.3, -0.25) is 14.9 Å². The molecule has 1 unspecified atom stereocenters. The lowest BCUT2D eigenvalue weighted by molar-refractivity contribution is -0.387. The highest BCUT2D eigenvalue weighted by molar-refractivity contribution is 6.20. The van der Waals surface area contributed by atoms with E-state index in [2.05, 4.69) is 5.32 Å². The van der Waals surface area contributed by atoms with Crippen molar-refractivity contribution in [1.29, 1.82) is 0 Å². The van der Waals surface area contributed by atoms with Gasteiger partial charge in [0.1, 0.15) is 11.4 Å². The summed E-state index contributed by atoms with van der Waals surface area (Å²) in [5, 5.41) is 12.5. The van der Waals surface area contributed by atoms with Gasteiger partial charge in [-0.2, -0.15) is 4.39 Å². The van der Waals surface area contributed by atoms with E-state index in [0.29, 0.717) is 18.6 Å². The van der Waals surface area contributed by atoms with Crippen molar-refractivity contribution in [1.82, 2.24) is 5.32 Å². The van der Waals surface area contributed by atoms with Crippen LogP contribution in [0.4, 0.5) is 14.5 Å². The molecule has 1 N–H and O–H groups in total. The van der Waals surface area contributed by atoms with Crippen LogP contribution < -0.4 is 5.32 Å². The van der Waals surface area contributed by atoms with Crippen molar-refractivity contribution in [2.24, 2.45) is 0 Å². The molecular weight excluding hydrogens is 310 g/mol. The second-order valence-electron chi connectivity index (χ2n) is 4.11. The lowest BCUT2D eigenvalue weighted by Crippen LogP contribution is -2.28. The molecule has 21 heavy (non-hydrogen) atoms. The van der Waals surface area contributed by atoms with Crippen LogP contribution in [0.3, 0.4) is 0 Å². The maximum absolute atomic E-state index is 13.8. The van der Waals surface area contributed by atoms with E-state index in [-0.39, 0.29) is 18.5 Å². The van der Waals surface area contributed by atoms with Crippen molar-refractivity contribution in [2.75, 3.05) is 20.3 Å². The highest BCUT2D eigenvalue weighted by Gasteiger charge is 2.26. The predicted octanol–water partition coefficient (Wildman–Crippen LogP) is 2.25. The molecule has 0 spiro atoms. The van der Waals surface area contributed by atoms with Crippen LogP contribution in [-0.2, 0) is 4.74 Å². The molecule has 1 atom stereocenters. The van der Waals surface area contributed by atoms with Crippen LogP contribution in [0.25, 0.3) is 0 Å². The summed E-state index contributed by atoms with van der Waals surface area (Å²) in [5.74, 6) is -3.75. The van der Waals surface area contributed by atoms with Gasteiger partial charge >= 0.3 is 5.69 Å². The number of alkyl halides is 1. The molecule has 0 aliphatic heterocycles. The molecule has 0 radical (unpaired) electrons. The molecule has 0 saturated carbocycles. The van der Waals surface area contributed by atoms with Crippen LogP contribution in [0.15, 0.2) is 12.1 Å². The smallest absolute Gasteiger partial charge is 0.305 e. The summed E-state index contributed by atoms with van der Waals surface area (Å²) in [6.07, 6.45) is 0.319. The number of methoxy groups -OCH3 is 1. The molecule has 1 aromatic carbocycles. The lowest BCUT2D eigenvalue weighted by atomic mass is 10.1. The Balaban J connectivity index is 2.78. The average molecular weight is 323 g/mol. The van der Waals surface area contributed by atoms with Crippen molar-refractivity contribution in [3.05, 3.63) is 39.4 Å². The summed E-state index contributed by atoms with van der Waals surface area (Å²) in [6.45, 7) is 0.314. The molecule has 0 saturated heterocycles. The van der Waals surface area contributed by atoms with Crippen LogP contribution in [0.1, 0.15) is 16.8 Å². The fourth-order valence-corrected chi connectivity index (χ4v) is 1.82. The van der Waals surface area contributed by atoms with E-state index in [1.807, 2.05) is 0 Å². The first-order chi connectivity index (χ1) is 9.88. The zero-order chi connectivity index (χ0) is 16.0. The second-order valence-corrected chi connectivity index (χ2v) is 4.73. The Hall–Kier alpha value is -1.80. The normalized spacial score (nSPS) is 12.0. The van der Waals surface area contributed by atoms with Crippen molar-refractivity contribution in [3.8, 4) is 0 Å². The van der Waals surface area contributed by atoms with Crippen LogP contribution >= 0.6 is 11.6 Å². The van der Waals surface area contributed by atoms with E-state index in [1.165, 1.54) is 7.11 Å². The van der Waals surface area contributed by atoms with Crippen molar-refractivity contribution >= 4 is 23.2 Å². The number of ether oxygens (including phenoxy) is 1. The molecule has 0 fully saturated rings. The number of carbonyl (C=O) groups excluding carboxylic acids is 1. The Morgan fingerprint density at radius 3 is 2.76 bits per heavy atom.